The molecule has 0 saturated heterocycles. The van der Waals surface area contributed by atoms with Gasteiger partial charge in [-0.15, -0.1) is 0 Å². The Bertz CT molecular complexity index is 1600. The number of carbonyl (C=O) groups excluding carboxylic acids is 3. The Morgan fingerprint density at radius 2 is 1.98 bits per heavy atom. The van der Waals surface area contributed by atoms with Gasteiger partial charge in [0.15, 0.2) is 0 Å². The zero-order chi connectivity index (χ0) is 32.0. The normalized spacial score (nSPS) is 18.8. The summed E-state index contributed by atoms with van der Waals surface area (Å²) in [6.07, 6.45) is 2.92. The van der Waals surface area contributed by atoms with Crippen LogP contribution in [0.15, 0.2) is 59.0 Å². The van der Waals surface area contributed by atoms with Crippen molar-refractivity contribution in [3.63, 3.8) is 0 Å². The van der Waals surface area contributed by atoms with Crippen LogP contribution in [0.5, 0.6) is 0 Å². The zero-order valence-corrected chi connectivity index (χ0v) is 26.3. The molecule has 12 heteroatoms. The molecular formula is C32H39N5O6S. The third-order valence-electron chi connectivity index (χ3n) is 7.93. The Balaban J connectivity index is 1.69. The first-order valence-corrected chi connectivity index (χ1v) is 16.1. The summed E-state index contributed by atoms with van der Waals surface area (Å²) >= 11 is 0. The molecule has 2 aromatic carbocycles. The molecule has 0 fully saturated rings. The van der Waals surface area contributed by atoms with Crippen LogP contribution in [-0.2, 0) is 42.0 Å². The van der Waals surface area contributed by atoms with Crippen LogP contribution in [0, 0.1) is 11.3 Å². The molecule has 2 heterocycles. The number of amides is 2. The van der Waals surface area contributed by atoms with E-state index in [-0.39, 0.29) is 49.3 Å². The molecule has 2 aromatic rings. The van der Waals surface area contributed by atoms with E-state index >= 15 is 0 Å². The molecule has 2 aliphatic rings. The number of nitrogens with zero attached hydrogens (tertiary/aromatic N) is 3. The van der Waals surface area contributed by atoms with Gasteiger partial charge in [0.25, 0.3) is 0 Å². The Morgan fingerprint density at radius 3 is 2.68 bits per heavy atom. The number of benzene rings is 2. The summed E-state index contributed by atoms with van der Waals surface area (Å²) in [5, 5.41) is 12.7. The number of nitrogens with one attached hydrogen (secondary N) is 2. The molecule has 0 aliphatic carbocycles. The second-order valence-electron chi connectivity index (χ2n) is 11.3. The fraction of sp³-hybridized carbons (Fsp3) is 0.438. The molecule has 0 saturated carbocycles. The minimum absolute atomic E-state index is 0.0397. The fourth-order valence-corrected chi connectivity index (χ4v) is 6.76. The minimum atomic E-state index is -4.26. The molecule has 2 amide bonds. The molecule has 11 nitrogen and oxygen atoms in total. The van der Waals surface area contributed by atoms with Crippen molar-refractivity contribution in [2.75, 3.05) is 33.8 Å². The number of hydrogen-bond acceptors (Lipinski definition) is 8. The van der Waals surface area contributed by atoms with E-state index in [1.807, 2.05) is 13.0 Å². The quantitative estimate of drug-likeness (QED) is 0.303. The lowest BCUT2D eigenvalue weighted by atomic mass is 9.92. The highest BCUT2D eigenvalue weighted by molar-refractivity contribution is 7.89. The number of sulfonamides is 1. The highest BCUT2D eigenvalue weighted by Crippen LogP contribution is 2.29. The van der Waals surface area contributed by atoms with Gasteiger partial charge in [0.2, 0.25) is 21.8 Å². The molecular weight excluding hydrogens is 582 g/mol. The standard InChI is InChI=1S/C32H39N5O6S/c1-5-43-32(40)29-15-21(2)12-14-37(29)31(39)28(17-22-7-6-8-23(16-22)20-33)35-44(41,42)25-10-9-24-11-13-34-27(26(24)18-25)19-30(38)36(3)4/h6-10,12,16,18,27-29,34-35H,5,11,13-15,17,19H2,1-4H3/t27?,28-,29+/m0/s1. The fourth-order valence-electron chi connectivity index (χ4n) is 5.53. The van der Waals surface area contributed by atoms with Crippen molar-refractivity contribution in [2.24, 2.45) is 0 Å². The highest BCUT2D eigenvalue weighted by atomic mass is 32.2. The second kappa shape index (κ2) is 14.2. The summed E-state index contributed by atoms with van der Waals surface area (Å²) in [6.45, 7) is 4.48. The van der Waals surface area contributed by atoms with E-state index in [0.717, 1.165) is 16.7 Å². The van der Waals surface area contributed by atoms with E-state index in [4.69, 9.17) is 4.74 Å². The Morgan fingerprint density at radius 1 is 1.20 bits per heavy atom. The van der Waals surface area contributed by atoms with Crippen LogP contribution in [0.1, 0.15) is 55.0 Å². The third-order valence-corrected chi connectivity index (χ3v) is 9.40. The molecule has 0 bridgehead atoms. The maximum absolute atomic E-state index is 14.1. The van der Waals surface area contributed by atoms with Gasteiger partial charge in [-0.3, -0.25) is 9.59 Å². The highest BCUT2D eigenvalue weighted by Gasteiger charge is 2.38. The molecule has 2 N–H and O–H groups in total. The van der Waals surface area contributed by atoms with Crippen molar-refractivity contribution in [1.29, 1.82) is 5.26 Å². The topological polar surface area (TPSA) is 149 Å². The van der Waals surface area contributed by atoms with E-state index in [1.165, 1.54) is 15.9 Å². The molecule has 44 heavy (non-hydrogen) atoms. The van der Waals surface area contributed by atoms with Gasteiger partial charge in [-0.2, -0.15) is 9.98 Å². The maximum Gasteiger partial charge on any atom is 0.329 e. The lowest BCUT2D eigenvalue weighted by Crippen LogP contribution is -2.56. The molecule has 0 spiro atoms. The van der Waals surface area contributed by atoms with E-state index in [1.54, 1.807) is 57.4 Å². The summed E-state index contributed by atoms with van der Waals surface area (Å²) in [7, 11) is -0.911. The first-order valence-electron chi connectivity index (χ1n) is 14.6. The van der Waals surface area contributed by atoms with Gasteiger partial charge in [-0.25, -0.2) is 13.2 Å². The molecule has 4 rings (SSSR count). The van der Waals surface area contributed by atoms with Gasteiger partial charge >= 0.3 is 5.97 Å². The molecule has 0 radical (unpaired) electrons. The van der Waals surface area contributed by atoms with Gasteiger partial charge < -0.3 is 19.9 Å². The summed E-state index contributed by atoms with van der Waals surface area (Å²) in [5.74, 6) is -1.22. The Labute approximate surface area is 258 Å². The molecule has 3 atom stereocenters. The lowest BCUT2D eigenvalue weighted by Gasteiger charge is -2.35. The van der Waals surface area contributed by atoms with Gasteiger partial charge in [-0.1, -0.05) is 29.8 Å². The van der Waals surface area contributed by atoms with Crippen LogP contribution in [0.2, 0.25) is 0 Å². The van der Waals surface area contributed by atoms with Gasteiger partial charge in [0.1, 0.15) is 12.1 Å². The maximum atomic E-state index is 14.1. The van der Waals surface area contributed by atoms with Crippen LogP contribution in [-0.4, -0.2) is 81.9 Å². The molecule has 1 unspecified atom stereocenters. The number of ether oxygens (including phenoxy) is 1. The van der Waals surface area contributed by atoms with Crippen LogP contribution >= 0.6 is 0 Å². The smallest absolute Gasteiger partial charge is 0.329 e. The number of esters is 1. The number of carbonyl (C=O) groups is 3. The summed E-state index contributed by atoms with van der Waals surface area (Å²) in [5.41, 5.74) is 3.55. The molecule has 0 aromatic heterocycles. The van der Waals surface area contributed by atoms with Crippen LogP contribution < -0.4 is 10.0 Å². The van der Waals surface area contributed by atoms with E-state index in [2.05, 4.69) is 16.1 Å². The van der Waals surface area contributed by atoms with Gasteiger partial charge in [0.05, 0.1) is 23.1 Å². The predicted molar refractivity (Wildman–Crippen MR) is 164 cm³/mol. The lowest BCUT2D eigenvalue weighted by molar-refractivity contribution is -0.155. The van der Waals surface area contributed by atoms with Crippen LogP contribution in [0.4, 0.5) is 0 Å². The van der Waals surface area contributed by atoms with Crippen molar-refractivity contribution in [2.45, 2.75) is 62.6 Å². The second-order valence-corrected chi connectivity index (χ2v) is 13.0. The Kier molecular flexibility index (Phi) is 10.6. The minimum Gasteiger partial charge on any atom is -0.464 e. The van der Waals surface area contributed by atoms with E-state index < -0.39 is 34.0 Å². The van der Waals surface area contributed by atoms with Gasteiger partial charge in [0, 0.05) is 33.1 Å². The van der Waals surface area contributed by atoms with Crippen LogP contribution in [0.3, 0.4) is 0 Å². The SMILES string of the molecule is CCOC(=O)[C@H]1CC(C)=CCN1C(=O)[C@H](Cc1cccc(C#N)c1)NS(=O)(=O)c1ccc2c(c1)C(CC(=O)N(C)C)NCC2. The first-order chi connectivity index (χ1) is 20.9. The Hall–Kier alpha value is -4.05. The third kappa shape index (κ3) is 7.72. The van der Waals surface area contributed by atoms with Gasteiger partial charge in [-0.05, 0) is 80.6 Å². The number of hydrogen-bond donors (Lipinski definition) is 2. The van der Waals surface area contributed by atoms with Crippen molar-refractivity contribution < 1.29 is 27.5 Å². The number of rotatable bonds is 10. The predicted octanol–water partition coefficient (Wildman–Crippen LogP) is 2.22. The first kappa shape index (κ1) is 32.9. The summed E-state index contributed by atoms with van der Waals surface area (Å²) in [6, 6.07) is 11.0. The zero-order valence-electron chi connectivity index (χ0n) is 25.5. The van der Waals surface area contributed by atoms with Crippen molar-refractivity contribution in [3.05, 3.63) is 76.4 Å². The van der Waals surface area contributed by atoms with Crippen LogP contribution in [0.25, 0.3) is 0 Å². The number of fused-ring (bicyclic) bond motifs is 1. The largest absolute Gasteiger partial charge is 0.464 e. The van der Waals surface area contributed by atoms with Crippen molar-refractivity contribution >= 4 is 27.8 Å². The number of nitriles is 1. The molecule has 234 valence electrons. The summed E-state index contributed by atoms with van der Waals surface area (Å²) in [4.78, 5) is 42.3. The van der Waals surface area contributed by atoms with Crippen molar-refractivity contribution in [1.82, 2.24) is 19.8 Å². The van der Waals surface area contributed by atoms with Crippen molar-refractivity contribution in [3.8, 4) is 6.07 Å². The molecule has 2 aliphatic heterocycles. The average Bonchev–Trinajstić information content (AvgIpc) is 3.00. The monoisotopic (exact) mass is 621 g/mol. The summed E-state index contributed by atoms with van der Waals surface area (Å²) < 4.78 is 35.7. The van der Waals surface area contributed by atoms with E-state index in [0.29, 0.717) is 24.1 Å². The van der Waals surface area contributed by atoms with E-state index in [9.17, 15) is 28.1 Å². The average molecular weight is 622 g/mol.